The summed E-state index contributed by atoms with van der Waals surface area (Å²) in [5, 5.41) is 11.4. The van der Waals surface area contributed by atoms with Crippen LogP contribution in [0.25, 0.3) is 0 Å². The molecule has 1 aromatic rings. The van der Waals surface area contributed by atoms with Crippen LogP contribution in [0.3, 0.4) is 0 Å². The molecule has 0 aliphatic carbocycles. The van der Waals surface area contributed by atoms with Crippen LogP contribution in [0.15, 0.2) is 24.3 Å². The first kappa shape index (κ1) is 16.5. The number of benzene rings is 1. The lowest BCUT2D eigenvalue weighted by Crippen LogP contribution is -2.30. The van der Waals surface area contributed by atoms with Crippen molar-refractivity contribution in [1.82, 2.24) is 0 Å². The molecule has 0 aliphatic rings. The van der Waals surface area contributed by atoms with Gasteiger partial charge in [-0.15, -0.1) is 0 Å². The summed E-state index contributed by atoms with van der Waals surface area (Å²) in [6, 6.07) is 7.79. The van der Waals surface area contributed by atoms with E-state index in [0.717, 1.165) is 23.4 Å². The van der Waals surface area contributed by atoms with Gasteiger partial charge >= 0.3 is 0 Å². The van der Waals surface area contributed by atoms with Gasteiger partial charge < -0.3 is 5.11 Å². The Labute approximate surface area is 123 Å². The van der Waals surface area contributed by atoms with Gasteiger partial charge in [0, 0.05) is 11.4 Å². The Balaban J connectivity index is 2.56. The third kappa shape index (κ3) is 6.44. The average molecular weight is 283 g/mol. The molecule has 1 N–H and O–H groups in total. The monoisotopic (exact) mass is 282 g/mol. The molecule has 0 bridgehead atoms. The van der Waals surface area contributed by atoms with Gasteiger partial charge in [-0.25, -0.2) is 0 Å². The molecule has 1 rings (SSSR count). The van der Waals surface area contributed by atoms with Gasteiger partial charge in [0.15, 0.2) is 0 Å². The number of hydrogen-bond acceptors (Lipinski definition) is 1. The highest BCUT2D eigenvalue weighted by Crippen LogP contribution is 2.27. The van der Waals surface area contributed by atoms with Crippen LogP contribution in [-0.4, -0.2) is 10.7 Å². The fourth-order valence-electron chi connectivity index (χ4n) is 2.68. The molecule has 0 amide bonds. The first-order valence-corrected chi connectivity index (χ1v) is 7.81. The van der Waals surface area contributed by atoms with Gasteiger partial charge in [-0.1, -0.05) is 63.3 Å². The van der Waals surface area contributed by atoms with Crippen molar-refractivity contribution >= 4 is 11.6 Å². The van der Waals surface area contributed by atoms with E-state index in [1.54, 1.807) is 0 Å². The van der Waals surface area contributed by atoms with Gasteiger partial charge in [0.1, 0.15) is 0 Å². The molecule has 108 valence electrons. The van der Waals surface area contributed by atoms with E-state index in [2.05, 4.69) is 13.8 Å². The van der Waals surface area contributed by atoms with Crippen LogP contribution in [0, 0.1) is 5.92 Å². The number of unbranched alkanes of at least 4 members (excludes halogenated alkanes) is 1. The topological polar surface area (TPSA) is 20.2 Å². The standard InChI is InChI=1S/C17H27ClO/c1-4-6-7-14(5-2)12-17(3,19)13-15-8-10-16(18)11-9-15/h8-11,14,19H,4-7,12-13H2,1-3H3. The van der Waals surface area contributed by atoms with Gasteiger partial charge in [-0.2, -0.15) is 0 Å². The Kier molecular flexibility index (Phi) is 6.88. The highest BCUT2D eigenvalue weighted by atomic mass is 35.5. The van der Waals surface area contributed by atoms with Crippen LogP contribution in [-0.2, 0) is 6.42 Å². The minimum atomic E-state index is -0.623. The third-order valence-corrected chi connectivity index (χ3v) is 4.02. The summed E-state index contributed by atoms with van der Waals surface area (Å²) in [7, 11) is 0. The SMILES string of the molecule is CCCCC(CC)CC(C)(O)Cc1ccc(Cl)cc1. The van der Waals surface area contributed by atoms with Crippen LogP contribution in [0.2, 0.25) is 5.02 Å². The van der Waals surface area contributed by atoms with E-state index in [-0.39, 0.29) is 0 Å². The Morgan fingerprint density at radius 2 is 1.84 bits per heavy atom. The predicted molar refractivity (Wildman–Crippen MR) is 83.7 cm³/mol. The van der Waals surface area contributed by atoms with Crippen molar-refractivity contribution < 1.29 is 5.11 Å². The lowest BCUT2D eigenvalue weighted by atomic mass is 9.83. The summed E-state index contributed by atoms with van der Waals surface area (Å²) in [5.41, 5.74) is 0.530. The van der Waals surface area contributed by atoms with Gasteiger partial charge in [-0.3, -0.25) is 0 Å². The van der Waals surface area contributed by atoms with Crippen molar-refractivity contribution in [2.24, 2.45) is 5.92 Å². The van der Waals surface area contributed by atoms with Crippen molar-refractivity contribution in [2.45, 2.75) is 64.9 Å². The van der Waals surface area contributed by atoms with E-state index in [0.29, 0.717) is 12.3 Å². The zero-order valence-corrected chi connectivity index (χ0v) is 13.2. The average Bonchev–Trinajstić information content (AvgIpc) is 2.37. The number of rotatable bonds is 8. The second kappa shape index (κ2) is 7.91. The molecular formula is C17H27ClO. The Hall–Kier alpha value is -0.530. The summed E-state index contributed by atoms with van der Waals surface area (Å²) >= 11 is 5.88. The van der Waals surface area contributed by atoms with E-state index >= 15 is 0 Å². The smallest absolute Gasteiger partial charge is 0.0662 e. The predicted octanol–water partition coefficient (Wildman–Crippen LogP) is 5.24. The molecule has 0 heterocycles. The van der Waals surface area contributed by atoms with E-state index in [1.807, 2.05) is 31.2 Å². The molecule has 2 unspecified atom stereocenters. The lowest BCUT2D eigenvalue weighted by molar-refractivity contribution is 0.0316. The van der Waals surface area contributed by atoms with E-state index in [4.69, 9.17) is 11.6 Å². The van der Waals surface area contributed by atoms with E-state index < -0.39 is 5.60 Å². The normalized spacial score (nSPS) is 16.1. The van der Waals surface area contributed by atoms with Crippen molar-refractivity contribution in [3.63, 3.8) is 0 Å². The quantitative estimate of drug-likeness (QED) is 0.691. The minimum Gasteiger partial charge on any atom is -0.390 e. The molecule has 0 spiro atoms. The molecule has 0 saturated heterocycles. The molecule has 0 saturated carbocycles. The zero-order chi connectivity index (χ0) is 14.3. The molecule has 0 radical (unpaired) electrons. The first-order valence-electron chi connectivity index (χ1n) is 7.43. The molecule has 19 heavy (non-hydrogen) atoms. The zero-order valence-electron chi connectivity index (χ0n) is 12.5. The number of aliphatic hydroxyl groups is 1. The summed E-state index contributed by atoms with van der Waals surface area (Å²) in [6.45, 7) is 6.40. The first-order chi connectivity index (χ1) is 8.96. The fraction of sp³-hybridized carbons (Fsp3) is 0.647. The van der Waals surface area contributed by atoms with Crippen LogP contribution in [0.1, 0.15) is 58.4 Å². The maximum Gasteiger partial charge on any atom is 0.0662 e. The number of halogens is 1. The highest BCUT2D eigenvalue weighted by Gasteiger charge is 2.24. The lowest BCUT2D eigenvalue weighted by Gasteiger charge is -2.28. The largest absolute Gasteiger partial charge is 0.390 e. The van der Waals surface area contributed by atoms with Gasteiger partial charge in [0.2, 0.25) is 0 Å². The molecule has 1 nitrogen and oxygen atoms in total. The Bertz CT molecular complexity index is 356. The fourth-order valence-corrected chi connectivity index (χ4v) is 2.81. The van der Waals surface area contributed by atoms with Gasteiger partial charge in [0.05, 0.1) is 5.60 Å². The van der Waals surface area contributed by atoms with Crippen LogP contribution >= 0.6 is 11.6 Å². The summed E-state index contributed by atoms with van der Waals surface area (Å²) in [4.78, 5) is 0. The maximum absolute atomic E-state index is 10.6. The van der Waals surface area contributed by atoms with E-state index in [9.17, 15) is 5.11 Å². The van der Waals surface area contributed by atoms with Crippen LogP contribution in [0.4, 0.5) is 0 Å². The van der Waals surface area contributed by atoms with Gasteiger partial charge in [0.25, 0.3) is 0 Å². The molecule has 2 heteroatoms. The maximum atomic E-state index is 10.6. The van der Waals surface area contributed by atoms with Crippen molar-refractivity contribution in [3.8, 4) is 0 Å². The summed E-state index contributed by atoms with van der Waals surface area (Å²) < 4.78 is 0. The Morgan fingerprint density at radius 3 is 2.37 bits per heavy atom. The molecule has 0 fully saturated rings. The molecular weight excluding hydrogens is 256 g/mol. The van der Waals surface area contributed by atoms with Crippen molar-refractivity contribution in [1.29, 1.82) is 0 Å². The highest BCUT2D eigenvalue weighted by molar-refractivity contribution is 6.30. The summed E-state index contributed by atoms with van der Waals surface area (Å²) in [6.07, 6.45) is 6.45. The molecule has 1 aromatic carbocycles. The number of hydrogen-bond donors (Lipinski definition) is 1. The van der Waals surface area contributed by atoms with Crippen molar-refractivity contribution in [3.05, 3.63) is 34.9 Å². The molecule has 0 aliphatic heterocycles. The van der Waals surface area contributed by atoms with Gasteiger partial charge in [-0.05, 0) is 37.0 Å². The third-order valence-electron chi connectivity index (χ3n) is 3.77. The second-order valence-corrected chi connectivity index (χ2v) is 6.36. The Morgan fingerprint density at radius 1 is 1.21 bits per heavy atom. The van der Waals surface area contributed by atoms with E-state index in [1.165, 1.54) is 19.3 Å². The van der Waals surface area contributed by atoms with Crippen molar-refractivity contribution in [2.75, 3.05) is 0 Å². The molecule has 2 atom stereocenters. The molecule has 0 aromatic heterocycles. The minimum absolute atomic E-state index is 0.623. The van der Waals surface area contributed by atoms with Crippen LogP contribution < -0.4 is 0 Å². The second-order valence-electron chi connectivity index (χ2n) is 5.92. The summed E-state index contributed by atoms with van der Waals surface area (Å²) in [5.74, 6) is 0.627. The van der Waals surface area contributed by atoms with Crippen LogP contribution in [0.5, 0.6) is 0 Å².